The van der Waals surface area contributed by atoms with Crippen molar-refractivity contribution < 1.29 is 22.4 Å². The number of furan rings is 1. The molecular formula is C21H22N2O5S. The molecule has 0 radical (unpaired) electrons. The number of nitrogens with zero attached hydrogens (tertiary/aromatic N) is 1. The van der Waals surface area contributed by atoms with Gasteiger partial charge in [-0.3, -0.25) is 4.79 Å². The van der Waals surface area contributed by atoms with Gasteiger partial charge in [-0.25, -0.2) is 8.42 Å². The van der Waals surface area contributed by atoms with Gasteiger partial charge in [0.1, 0.15) is 16.4 Å². The lowest BCUT2D eigenvalue weighted by atomic mass is 10.2. The average molecular weight is 414 g/mol. The van der Waals surface area contributed by atoms with Crippen LogP contribution in [0.15, 0.2) is 76.2 Å². The number of nitrogens with one attached hydrogen (secondary N) is 1. The van der Waals surface area contributed by atoms with Crippen LogP contribution >= 0.6 is 0 Å². The monoisotopic (exact) mass is 414 g/mol. The van der Waals surface area contributed by atoms with Crippen LogP contribution in [0.2, 0.25) is 0 Å². The van der Waals surface area contributed by atoms with Gasteiger partial charge in [-0.15, -0.1) is 0 Å². The van der Waals surface area contributed by atoms with Gasteiger partial charge >= 0.3 is 0 Å². The quantitative estimate of drug-likeness (QED) is 0.612. The largest absolute Gasteiger partial charge is 0.495 e. The van der Waals surface area contributed by atoms with Crippen LogP contribution in [0.1, 0.15) is 21.7 Å². The summed E-state index contributed by atoms with van der Waals surface area (Å²) < 4.78 is 37.9. The number of amides is 1. The maximum absolute atomic E-state index is 13.1. The molecule has 0 saturated carbocycles. The van der Waals surface area contributed by atoms with Crippen LogP contribution in [-0.4, -0.2) is 32.8 Å². The van der Waals surface area contributed by atoms with Crippen molar-refractivity contribution in [3.63, 3.8) is 0 Å². The van der Waals surface area contributed by atoms with Crippen molar-refractivity contribution in [2.45, 2.75) is 18.0 Å². The molecule has 0 spiro atoms. The molecule has 0 saturated heterocycles. The molecule has 3 rings (SSSR count). The highest BCUT2D eigenvalue weighted by Crippen LogP contribution is 2.28. The molecule has 0 aliphatic heterocycles. The molecule has 0 fully saturated rings. The Morgan fingerprint density at radius 1 is 1.10 bits per heavy atom. The molecule has 0 aliphatic carbocycles. The van der Waals surface area contributed by atoms with Gasteiger partial charge in [0.25, 0.3) is 5.91 Å². The molecule has 3 aromatic rings. The molecule has 2 aromatic carbocycles. The van der Waals surface area contributed by atoms with Crippen LogP contribution in [0, 0.1) is 0 Å². The molecule has 1 amide bonds. The van der Waals surface area contributed by atoms with Gasteiger partial charge in [0, 0.05) is 19.2 Å². The summed E-state index contributed by atoms with van der Waals surface area (Å²) in [5.74, 6) is 0.362. The third kappa shape index (κ3) is 4.85. The number of sulfonamides is 1. The summed E-state index contributed by atoms with van der Waals surface area (Å²) in [6.07, 6.45) is 1.52. The smallest absolute Gasteiger partial charge is 0.251 e. The van der Waals surface area contributed by atoms with E-state index in [9.17, 15) is 13.2 Å². The Morgan fingerprint density at radius 2 is 1.86 bits per heavy atom. The van der Waals surface area contributed by atoms with Crippen LogP contribution in [0.3, 0.4) is 0 Å². The van der Waals surface area contributed by atoms with E-state index in [-0.39, 0.29) is 29.3 Å². The first kappa shape index (κ1) is 20.6. The van der Waals surface area contributed by atoms with Gasteiger partial charge in [0.15, 0.2) is 0 Å². The molecular weight excluding hydrogens is 392 g/mol. The number of hydrogen-bond acceptors (Lipinski definition) is 5. The minimum Gasteiger partial charge on any atom is -0.495 e. The second-order valence-corrected chi connectivity index (χ2v) is 8.39. The lowest BCUT2D eigenvalue weighted by Crippen LogP contribution is -2.28. The summed E-state index contributed by atoms with van der Waals surface area (Å²) in [6.45, 7) is 0.398. The second-order valence-electron chi connectivity index (χ2n) is 6.37. The SMILES string of the molecule is COc1ccc(C(=O)NCc2ccco2)cc1S(=O)(=O)N(C)Cc1ccccc1. The second kappa shape index (κ2) is 8.93. The standard InChI is InChI=1S/C21H22N2O5S/c1-23(15-16-7-4-3-5-8-16)29(25,26)20-13-17(10-11-19(20)27-2)21(24)22-14-18-9-6-12-28-18/h3-13H,14-15H2,1-2H3,(H,22,24). The zero-order valence-electron chi connectivity index (χ0n) is 16.2. The fourth-order valence-corrected chi connectivity index (χ4v) is 4.13. The van der Waals surface area contributed by atoms with Crippen LogP contribution in [0.4, 0.5) is 0 Å². The van der Waals surface area contributed by atoms with Gasteiger partial charge in [0.2, 0.25) is 10.0 Å². The summed E-state index contributed by atoms with van der Waals surface area (Å²) in [7, 11) is -1.00. The summed E-state index contributed by atoms with van der Waals surface area (Å²) >= 11 is 0. The minimum atomic E-state index is -3.88. The normalized spacial score (nSPS) is 11.4. The maximum Gasteiger partial charge on any atom is 0.251 e. The van der Waals surface area contributed by atoms with Crippen molar-refractivity contribution in [1.29, 1.82) is 0 Å². The summed E-state index contributed by atoms with van der Waals surface area (Å²) in [6, 6.07) is 17.0. The third-order valence-corrected chi connectivity index (χ3v) is 6.19. The van der Waals surface area contributed by atoms with E-state index in [0.717, 1.165) is 5.56 Å². The molecule has 152 valence electrons. The Labute approximate surface area is 170 Å². The molecule has 1 aromatic heterocycles. The topological polar surface area (TPSA) is 88.8 Å². The van der Waals surface area contributed by atoms with Crippen LogP contribution in [0.5, 0.6) is 5.75 Å². The fraction of sp³-hybridized carbons (Fsp3) is 0.190. The molecule has 8 heteroatoms. The highest BCUT2D eigenvalue weighted by atomic mass is 32.2. The Bertz CT molecular complexity index is 1060. The van der Waals surface area contributed by atoms with Gasteiger partial charge in [-0.05, 0) is 35.9 Å². The predicted octanol–water partition coefficient (Wildman–Crippen LogP) is 3.04. The number of rotatable bonds is 8. The van der Waals surface area contributed by atoms with E-state index >= 15 is 0 Å². The van der Waals surface area contributed by atoms with Crippen molar-refractivity contribution >= 4 is 15.9 Å². The molecule has 7 nitrogen and oxygen atoms in total. The number of ether oxygens (including phenoxy) is 1. The molecule has 0 aliphatic rings. The van der Waals surface area contributed by atoms with Crippen molar-refractivity contribution in [3.05, 3.63) is 83.8 Å². The summed E-state index contributed by atoms with van der Waals surface area (Å²) in [5, 5.41) is 2.70. The van der Waals surface area contributed by atoms with Gasteiger partial charge < -0.3 is 14.5 Å². The molecule has 0 unspecified atom stereocenters. The lowest BCUT2D eigenvalue weighted by Gasteiger charge is -2.19. The van der Waals surface area contributed by atoms with E-state index in [1.54, 1.807) is 12.1 Å². The van der Waals surface area contributed by atoms with Crippen LogP contribution in [0.25, 0.3) is 0 Å². The van der Waals surface area contributed by atoms with Crippen LogP contribution < -0.4 is 10.1 Å². The molecule has 29 heavy (non-hydrogen) atoms. The van der Waals surface area contributed by atoms with E-state index < -0.39 is 15.9 Å². The molecule has 1 heterocycles. The number of methoxy groups -OCH3 is 1. The number of carbonyl (C=O) groups excluding carboxylic acids is 1. The Hall–Kier alpha value is -3.10. The molecule has 0 atom stereocenters. The Morgan fingerprint density at radius 3 is 2.52 bits per heavy atom. The predicted molar refractivity (Wildman–Crippen MR) is 108 cm³/mol. The van der Waals surface area contributed by atoms with E-state index in [4.69, 9.17) is 9.15 Å². The molecule has 1 N–H and O–H groups in total. The van der Waals surface area contributed by atoms with Crippen LogP contribution in [-0.2, 0) is 23.1 Å². The Balaban J connectivity index is 1.84. The zero-order valence-corrected chi connectivity index (χ0v) is 17.0. The lowest BCUT2D eigenvalue weighted by molar-refractivity contribution is 0.0947. The van der Waals surface area contributed by atoms with Crippen molar-refractivity contribution in [2.24, 2.45) is 0 Å². The van der Waals surface area contributed by atoms with E-state index in [0.29, 0.717) is 5.76 Å². The maximum atomic E-state index is 13.1. The van der Waals surface area contributed by atoms with E-state index in [1.807, 2.05) is 30.3 Å². The highest BCUT2D eigenvalue weighted by molar-refractivity contribution is 7.89. The summed E-state index contributed by atoms with van der Waals surface area (Å²) in [5.41, 5.74) is 1.06. The van der Waals surface area contributed by atoms with Gasteiger partial charge in [-0.2, -0.15) is 4.31 Å². The Kier molecular flexibility index (Phi) is 6.36. The number of carbonyl (C=O) groups is 1. The zero-order chi connectivity index (χ0) is 20.9. The van der Waals surface area contributed by atoms with Gasteiger partial charge in [0.05, 0.1) is 19.9 Å². The summed E-state index contributed by atoms with van der Waals surface area (Å²) in [4.78, 5) is 12.4. The first-order chi connectivity index (χ1) is 13.9. The van der Waals surface area contributed by atoms with Gasteiger partial charge in [-0.1, -0.05) is 30.3 Å². The number of benzene rings is 2. The van der Waals surface area contributed by atoms with Crippen molar-refractivity contribution in [2.75, 3.05) is 14.2 Å². The van der Waals surface area contributed by atoms with Crippen molar-refractivity contribution in [3.8, 4) is 5.75 Å². The molecule has 0 bridgehead atoms. The average Bonchev–Trinajstić information content (AvgIpc) is 3.26. The fourth-order valence-electron chi connectivity index (χ4n) is 2.80. The van der Waals surface area contributed by atoms with E-state index in [1.165, 1.54) is 42.9 Å². The first-order valence-corrected chi connectivity index (χ1v) is 10.3. The van der Waals surface area contributed by atoms with Crippen molar-refractivity contribution in [1.82, 2.24) is 9.62 Å². The third-order valence-electron chi connectivity index (χ3n) is 4.37. The van der Waals surface area contributed by atoms with E-state index in [2.05, 4.69) is 5.32 Å². The first-order valence-electron chi connectivity index (χ1n) is 8.90. The highest BCUT2D eigenvalue weighted by Gasteiger charge is 2.26. The number of hydrogen-bond donors (Lipinski definition) is 1. The minimum absolute atomic E-state index is 0.0657.